The third-order valence-corrected chi connectivity index (χ3v) is 6.18. The number of carbonyl (C=O) groups is 1. The number of sulfonamides is 1. The standard InChI is InChI=1S/C17H17NO4S/c1-11-7-8-14(17(19)20)10-16(11)23(21,22)18-12(2)9-13-5-3-4-6-15(13)18/h3-8,10,12H,9H2,1-2H3,(H,19,20)/p-1/t12-/m0/s1. The maximum Gasteiger partial charge on any atom is 0.264 e. The summed E-state index contributed by atoms with van der Waals surface area (Å²) in [5, 5.41) is 11.1. The molecule has 120 valence electrons. The summed E-state index contributed by atoms with van der Waals surface area (Å²) in [4.78, 5) is 11.1. The number of carboxylic acids is 1. The minimum Gasteiger partial charge on any atom is -0.545 e. The average molecular weight is 330 g/mol. The molecule has 1 heterocycles. The molecule has 3 rings (SSSR count). The number of carbonyl (C=O) groups excluding carboxylic acids is 1. The fourth-order valence-corrected chi connectivity index (χ4v) is 4.96. The van der Waals surface area contributed by atoms with Crippen molar-refractivity contribution in [2.45, 2.75) is 31.2 Å². The molecular formula is C17H16NO4S-. The van der Waals surface area contributed by atoms with Gasteiger partial charge in [-0.05, 0) is 49.1 Å². The van der Waals surface area contributed by atoms with Gasteiger partial charge in [0.1, 0.15) is 0 Å². The summed E-state index contributed by atoms with van der Waals surface area (Å²) in [6.07, 6.45) is 0.634. The molecule has 0 aromatic heterocycles. The van der Waals surface area contributed by atoms with Gasteiger partial charge in [0.2, 0.25) is 0 Å². The molecule has 0 bridgehead atoms. The number of carboxylic acid groups (broad SMARTS) is 1. The van der Waals surface area contributed by atoms with Gasteiger partial charge in [-0.2, -0.15) is 0 Å². The predicted octanol–water partition coefficient (Wildman–Crippen LogP) is 1.50. The number of aromatic carboxylic acids is 1. The van der Waals surface area contributed by atoms with E-state index in [-0.39, 0.29) is 16.5 Å². The molecule has 6 heteroatoms. The van der Waals surface area contributed by atoms with Crippen molar-refractivity contribution in [3.05, 3.63) is 59.2 Å². The van der Waals surface area contributed by atoms with Crippen LogP contribution >= 0.6 is 0 Å². The van der Waals surface area contributed by atoms with Gasteiger partial charge in [0.15, 0.2) is 0 Å². The lowest BCUT2D eigenvalue weighted by Crippen LogP contribution is -2.36. The van der Waals surface area contributed by atoms with Crippen molar-refractivity contribution >= 4 is 21.7 Å². The lowest BCUT2D eigenvalue weighted by atomic mass is 10.1. The molecule has 0 amide bonds. The predicted molar refractivity (Wildman–Crippen MR) is 84.8 cm³/mol. The van der Waals surface area contributed by atoms with Crippen molar-refractivity contribution in [2.24, 2.45) is 0 Å². The summed E-state index contributed by atoms with van der Waals surface area (Å²) in [7, 11) is -3.85. The van der Waals surface area contributed by atoms with Crippen molar-refractivity contribution in [2.75, 3.05) is 4.31 Å². The molecule has 0 saturated carbocycles. The zero-order chi connectivity index (χ0) is 16.8. The number of aryl methyl sites for hydroxylation is 1. The van der Waals surface area contributed by atoms with Gasteiger partial charge in [0, 0.05) is 6.04 Å². The van der Waals surface area contributed by atoms with Gasteiger partial charge in [-0.3, -0.25) is 4.31 Å². The van der Waals surface area contributed by atoms with Crippen LogP contribution in [0.1, 0.15) is 28.4 Å². The Bertz CT molecular complexity index is 889. The second-order valence-corrected chi connectivity index (χ2v) is 7.53. The molecule has 0 N–H and O–H groups in total. The van der Waals surface area contributed by atoms with Crippen LogP contribution in [-0.2, 0) is 16.4 Å². The number of benzene rings is 2. The van der Waals surface area contributed by atoms with Gasteiger partial charge in [-0.15, -0.1) is 0 Å². The molecule has 0 fully saturated rings. The van der Waals surface area contributed by atoms with E-state index in [0.29, 0.717) is 17.7 Å². The van der Waals surface area contributed by atoms with Gasteiger partial charge >= 0.3 is 0 Å². The Hall–Kier alpha value is -2.34. The molecule has 0 unspecified atom stereocenters. The van der Waals surface area contributed by atoms with E-state index in [1.54, 1.807) is 19.1 Å². The first kappa shape index (κ1) is 15.6. The molecular weight excluding hydrogens is 314 g/mol. The Balaban J connectivity index is 2.17. The molecule has 0 radical (unpaired) electrons. The summed E-state index contributed by atoms with van der Waals surface area (Å²) < 4.78 is 27.6. The SMILES string of the molecule is Cc1ccc(C(=O)[O-])cc1S(=O)(=O)N1c2ccccc2C[C@@H]1C. The van der Waals surface area contributed by atoms with E-state index < -0.39 is 16.0 Å². The van der Waals surface area contributed by atoms with Crippen molar-refractivity contribution in [3.8, 4) is 0 Å². The molecule has 1 aliphatic rings. The van der Waals surface area contributed by atoms with Gasteiger partial charge in [0.25, 0.3) is 10.0 Å². The zero-order valence-electron chi connectivity index (χ0n) is 12.8. The summed E-state index contributed by atoms with van der Waals surface area (Å²) in [5.74, 6) is -1.39. The van der Waals surface area contributed by atoms with Crippen LogP contribution in [0, 0.1) is 6.92 Å². The first-order chi connectivity index (χ1) is 10.8. The maximum absolute atomic E-state index is 13.1. The van der Waals surface area contributed by atoms with Crippen molar-refractivity contribution in [1.29, 1.82) is 0 Å². The van der Waals surface area contributed by atoms with Crippen LogP contribution in [0.5, 0.6) is 0 Å². The van der Waals surface area contributed by atoms with Crippen LogP contribution in [0.3, 0.4) is 0 Å². The van der Waals surface area contributed by atoms with Crippen LogP contribution in [-0.4, -0.2) is 20.4 Å². The summed E-state index contributed by atoms with van der Waals surface area (Å²) in [6.45, 7) is 3.49. The largest absolute Gasteiger partial charge is 0.545 e. The molecule has 2 aromatic carbocycles. The Morgan fingerprint density at radius 1 is 1.22 bits per heavy atom. The highest BCUT2D eigenvalue weighted by molar-refractivity contribution is 7.93. The highest BCUT2D eigenvalue weighted by Crippen LogP contribution is 2.37. The molecule has 0 aliphatic carbocycles. The van der Waals surface area contributed by atoms with Crippen molar-refractivity contribution < 1.29 is 18.3 Å². The molecule has 23 heavy (non-hydrogen) atoms. The van der Waals surface area contributed by atoms with Crippen molar-refractivity contribution in [1.82, 2.24) is 0 Å². The number of hydrogen-bond donors (Lipinski definition) is 0. The topological polar surface area (TPSA) is 77.5 Å². The summed E-state index contributed by atoms with van der Waals surface area (Å²) in [6, 6.07) is 11.2. The van der Waals surface area contributed by atoms with E-state index in [2.05, 4.69) is 0 Å². The minimum absolute atomic E-state index is 0.00255. The fourth-order valence-electron chi connectivity index (χ4n) is 3.01. The number of hydrogen-bond acceptors (Lipinski definition) is 4. The van der Waals surface area contributed by atoms with Gasteiger partial charge in [0.05, 0.1) is 16.6 Å². The normalized spacial score (nSPS) is 17.1. The van der Waals surface area contributed by atoms with Gasteiger partial charge < -0.3 is 9.90 Å². The summed E-state index contributed by atoms with van der Waals surface area (Å²) in [5.41, 5.74) is 1.98. The number of nitrogens with zero attached hydrogens (tertiary/aromatic N) is 1. The monoisotopic (exact) mass is 330 g/mol. The van der Waals surface area contributed by atoms with Crippen LogP contribution < -0.4 is 9.41 Å². The van der Waals surface area contributed by atoms with Crippen molar-refractivity contribution in [3.63, 3.8) is 0 Å². The highest BCUT2D eigenvalue weighted by Gasteiger charge is 2.36. The number of fused-ring (bicyclic) bond motifs is 1. The number of rotatable bonds is 3. The second kappa shape index (κ2) is 5.38. The van der Waals surface area contributed by atoms with Gasteiger partial charge in [-0.1, -0.05) is 30.3 Å². The molecule has 1 atom stereocenters. The maximum atomic E-state index is 13.1. The molecule has 0 spiro atoms. The van der Waals surface area contributed by atoms with Crippen LogP contribution in [0.2, 0.25) is 0 Å². The van der Waals surface area contributed by atoms with Gasteiger partial charge in [-0.25, -0.2) is 8.42 Å². The first-order valence-electron chi connectivity index (χ1n) is 7.26. The third kappa shape index (κ3) is 2.49. The Labute approximate surface area is 135 Å². The first-order valence-corrected chi connectivity index (χ1v) is 8.70. The quantitative estimate of drug-likeness (QED) is 0.854. The van der Waals surface area contributed by atoms with Crippen LogP contribution in [0.15, 0.2) is 47.4 Å². The Morgan fingerprint density at radius 3 is 2.61 bits per heavy atom. The van der Waals surface area contributed by atoms with E-state index in [1.165, 1.54) is 22.5 Å². The summed E-state index contributed by atoms with van der Waals surface area (Å²) >= 11 is 0. The van der Waals surface area contributed by atoms with E-state index in [1.807, 2.05) is 19.1 Å². The van der Waals surface area contributed by atoms with E-state index in [0.717, 1.165) is 5.56 Å². The molecule has 0 saturated heterocycles. The smallest absolute Gasteiger partial charge is 0.264 e. The van der Waals surface area contributed by atoms with E-state index in [4.69, 9.17) is 0 Å². The molecule has 2 aromatic rings. The Kier molecular flexibility index (Phi) is 3.64. The Morgan fingerprint density at radius 2 is 1.91 bits per heavy atom. The van der Waals surface area contributed by atoms with Crippen LogP contribution in [0.4, 0.5) is 5.69 Å². The molecule has 5 nitrogen and oxygen atoms in total. The highest BCUT2D eigenvalue weighted by atomic mass is 32.2. The lowest BCUT2D eigenvalue weighted by molar-refractivity contribution is -0.255. The second-order valence-electron chi connectivity index (χ2n) is 5.75. The fraction of sp³-hybridized carbons (Fsp3) is 0.235. The number of para-hydroxylation sites is 1. The zero-order valence-corrected chi connectivity index (χ0v) is 13.6. The third-order valence-electron chi connectivity index (χ3n) is 4.11. The average Bonchev–Trinajstić information content (AvgIpc) is 2.83. The number of anilines is 1. The minimum atomic E-state index is -3.85. The lowest BCUT2D eigenvalue weighted by Gasteiger charge is -2.25. The van der Waals surface area contributed by atoms with Crippen LogP contribution in [0.25, 0.3) is 0 Å². The van der Waals surface area contributed by atoms with E-state index in [9.17, 15) is 18.3 Å². The van der Waals surface area contributed by atoms with E-state index >= 15 is 0 Å². The molecule has 1 aliphatic heterocycles.